The van der Waals surface area contributed by atoms with Gasteiger partial charge in [0.05, 0.1) is 23.4 Å². The van der Waals surface area contributed by atoms with Gasteiger partial charge in [0.25, 0.3) is 0 Å². The van der Waals surface area contributed by atoms with Crippen LogP contribution in [-0.4, -0.2) is 22.9 Å². The smallest absolute Gasteiger partial charge is 0.224 e. The molecule has 0 unspecified atom stereocenters. The summed E-state index contributed by atoms with van der Waals surface area (Å²) >= 11 is 1.61. The SMILES string of the molecule is Cc1ncsc1CCOc1ncccc1C=O. The summed E-state index contributed by atoms with van der Waals surface area (Å²) in [6.45, 7) is 2.48. The molecule has 0 N–H and O–H groups in total. The maximum Gasteiger partial charge on any atom is 0.224 e. The van der Waals surface area contributed by atoms with E-state index in [4.69, 9.17) is 4.74 Å². The first-order valence-corrected chi connectivity index (χ1v) is 6.11. The molecule has 2 aromatic rings. The van der Waals surface area contributed by atoms with Gasteiger partial charge in [-0.3, -0.25) is 4.79 Å². The zero-order valence-corrected chi connectivity index (χ0v) is 10.2. The van der Waals surface area contributed by atoms with E-state index in [1.807, 2.05) is 12.4 Å². The van der Waals surface area contributed by atoms with Crippen LogP contribution in [0, 0.1) is 6.92 Å². The van der Waals surface area contributed by atoms with Crippen molar-refractivity contribution in [2.24, 2.45) is 0 Å². The van der Waals surface area contributed by atoms with E-state index in [2.05, 4.69) is 9.97 Å². The molecule has 2 rings (SSSR count). The van der Waals surface area contributed by atoms with Crippen molar-refractivity contribution in [3.63, 3.8) is 0 Å². The second kappa shape index (κ2) is 5.54. The quantitative estimate of drug-likeness (QED) is 0.762. The van der Waals surface area contributed by atoms with Crippen molar-refractivity contribution in [3.8, 4) is 5.88 Å². The number of carbonyl (C=O) groups is 1. The zero-order chi connectivity index (χ0) is 12.1. The van der Waals surface area contributed by atoms with Gasteiger partial charge >= 0.3 is 0 Å². The Morgan fingerprint density at radius 2 is 2.35 bits per heavy atom. The van der Waals surface area contributed by atoms with Gasteiger partial charge in [0, 0.05) is 17.5 Å². The maximum atomic E-state index is 10.7. The van der Waals surface area contributed by atoms with E-state index in [0.717, 1.165) is 18.4 Å². The van der Waals surface area contributed by atoms with Gasteiger partial charge in [0.1, 0.15) is 0 Å². The molecule has 0 aromatic carbocycles. The van der Waals surface area contributed by atoms with Crippen molar-refractivity contribution >= 4 is 17.6 Å². The summed E-state index contributed by atoms with van der Waals surface area (Å²) in [6, 6.07) is 3.40. The summed E-state index contributed by atoms with van der Waals surface area (Å²) in [5.41, 5.74) is 3.34. The van der Waals surface area contributed by atoms with Crippen molar-refractivity contribution in [2.75, 3.05) is 6.61 Å². The highest BCUT2D eigenvalue weighted by atomic mass is 32.1. The van der Waals surface area contributed by atoms with Gasteiger partial charge in [-0.05, 0) is 19.1 Å². The Balaban J connectivity index is 1.94. The number of aryl methyl sites for hydroxylation is 1. The maximum absolute atomic E-state index is 10.7. The average Bonchev–Trinajstić information content (AvgIpc) is 2.76. The Hall–Kier alpha value is -1.75. The molecule has 2 heterocycles. The van der Waals surface area contributed by atoms with Crippen LogP contribution in [0.15, 0.2) is 23.8 Å². The summed E-state index contributed by atoms with van der Waals surface area (Å²) in [4.78, 5) is 20.1. The lowest BCUT2D eigenvalue weighted by atomic mass is 10.3. The Morgan fingerprint density at radius 1 is 1.47 bits per heavy atom. The fourth-order valence-electron chi connectivity index (χ4n) is 1.42. The Kier molecular flexibility index (Phi) is 3.82. The molecular formula is C12H12N2O2S. The van der Waals surface area contributed by atoms with E-state index in [9.17, 15) is 4.79 Å². The van der Waals surface area contributed by atoms with Crippen LogP contribution >= 0.6 is 11.3 Å². The molecule has 88 valence electrons. The van der Waals surface area contributed by atoms with Crippen molar-refractivity contribution in [2.45, 2.75) is 13.3 Å². The van der Waals surface area contributed by atoms with E-state index < -0.39 is 0 Å². The van der Waals surface area contributed by atoms with Gasteiger partial charge in [-0.1, -0.05) is 0 Å². The van der Waals surface area contributed by atoms with Gasteiger partial charge in [-0.25, -0.2) is 9.97 Å². The second-order valence-corrected chi connectivity index (χ2v) is 4.41. The minimum Gasteiger partial charge on any atom is -0.477 e. The predicted octanol–water partition coefficient (Wildman–Crippen LogP) is 2.28. The van der Waals surface area contributed by atoms with Crippen LogP contribution in [0.2, 0.25) is 0 Å². The number of thiazole rings is 1. The summed E-state index contributed by atoms with van der Waals surface area (Å²) in [5.74, 6) is 0.393. The number of ether oxygens (including phenoxy) is 1. The molecule has 0 aliphatic heterocycles. The molecule has 0 atom stereocenters. The Morgan fingerprint density at radius 3 is 3.06 bits per heavy atom. The Labute approximate surface area is 103 Å². The third-order valence-electron chi connectivity index (χ3n) is 2.34. The molecule has 0 radical (unpaired) electrons. The number of hydrogen-bond acceptors (Lipinski definition) is 5. The first-order valence-electron chi connectivity index (χ1n) is 5.23. The van der Waals surface area contributed by atoms with Crippen LogP contribution < -0.4 is 4.74 Å². The van der Waals surface area contributed by atoms with E-state index >= 15 is 0 Å². The van der Waals surface area contributed by atoms with Crippen molar-refractivity contribution in [1.82, 2.24) is 9.97 Å². The molecule has 17 heavy (non-hydrogen) atoms. The van der Waals surface area contributed by atoms with E-state index in [-0.39, 0.29) is 0 Å². The highest BCUT2D eigenvalue weighted by molar-refractivity contribution is 7.09. The number of pyridine rings is 1. The fourth-order valence-corrected chi connectivity index (χ4v) is 2.18. The molecule has 0 fully saturated rings. The minimum absolute atomic E-state index is 0.393. The van der Waals surface area contributed by atoms with Crippen LogP contribution in [0.1, 0.15) is 20.9 Å². The summed E-state index contributed by atoms with van der Waals surface area (Å²) in [7, 11) is 0. The monoisotopic (exact) mass is 248 g/mol. The largest absolute Gasteiger partial charge is 0.477 e. The summed E-state index contributed by atoms with van der Waals surface area (Å²) < 4.78 is 5.49. The molecule has 0 saturated heterocycles. The van der Waals surface area contributed by atoms with Gasteiger partial charge in [0.2, 0.25) is 5.88 Å². The highest BCUT2D eigenvalue weighted by Gasteiger charge is 2.05. The van der Waals surface area contributed by atoms with Gasteiger partial charge in [0.15, 0.2) is 6.29 Å². The lowest BCUT2D eigenvalue weighted by Crippen LogP contribution is -2.04. The Bertz CT molecular complexity index is 511. The fraction of sp³-hybridized carbons (Fsp3) is 0.250. The number of aromatic nitrogens is 2. The van der Waals surface area contributed by atoms with Crippen LogP contribution in [0.3, 0.4) is 0 Å². The number of aldehydes is 1. The molecule has 0 aliphatic carbocycles. The number of hydrogen-bond donors (Lipinski definition) is 0. The average molecular weight is 248 g/mol. The van der Waals surface area contributed by atoms with Crippen LogP contribution in [0.4, 0.5) is 0 Å². The standard InChI is InChI=1S/C12H12N2O2S/c1-9-11(17-8-14-9)4-6-16-12-10(7-15)3-2-5-13-12/h2-3,5,7-8H,4,6H2,1H3. The number of nitrogens with zero attached hydrogens (tertiary/aromatic N) is 2. The highest BCUT2D eigenvalue weighted by Crippen LogP contribution is 2.15. The third kappa shape index (κ3) is 2.88. The zero-order valence-electron chi connectivity index (χ0n) is 9.42. The first-order chi connectivity index (χ1) is 8.31. The topological polar surface area (TPSA) is 52.1 Å². The van der Waals surface area contributed by atoms with E-state index in [1.165, 1.54) is 4.88 Å². The molecule has 4 nitrogen and oxygen atoms in total. The first kappa shape index (κ1) is 11.7. The van der Waals surface area contributed by atoms with Crippen LogP contribution in [-0.2, 0) is 6.42 Å². The van der Waals surface area contributed by atoms with Gasteiger partial charge in [-0.2, -0.15) is 0 Å². The molecule has 0 saturated carbocycles. The summed E-state index contributed by atoms with van der Waals surface area (Å²) in [5, 5.41) is 0. The van der Waals surface area contributed by atoms with E-state index in [1.54, 1.807) is 29.7 Å². The lowest BCUT2D eigenvalue weighted by Gasteiger charge is -2.05. The van der Waals surface area contributed by atoms with Gasteiger partial charge in [-0.15, -0.1) is 11.3 Å². The lowest BCUT2D eigenvalue weighted by molar-refractivity contribution is 0.111. The molecular weight excluding hydrogens is 236 g/mol. The molecule has 5 heteroatoms. The molecule has 0 bridgehead atoms. The van der Waals surface area contributed by atoms with Crippen LogP contribution in [0.25, 0.3) is 0 Å². The minimum atomic E-state index is 0.393. The van der Waals surface area contributed by atoms with E-state index in [0.29, 0.717) is 18.1 Å². The third-order valence-corrected chi connectivity index (χ3v) is 3.34. The molecule has 2 aromatic heterocycles. The molecule has 0 aliphatic rings. The van der Waals surface area contributed by atoms with Gasteiger partial charge < -0.3 is 4.74 Å². The number of rotatable bonds is 5. The van der Waals surface area contributed by atoms with Crippen LogP contribution in [0.5, 0.6) is 5.88 Å². The molecule has 0 amide bonds. The van der Waals surface area contributed by atoms with Crippen molar-refractivity contribution in [1.29, 1.82) is 0 Å². The second-order valence-electron chi connectivity index (χ2n) is 3.48. The molecule has 0 spiro atoms. The summed E-state index contributed by atoms with van der Waals surface area (Å²) in [6.07, 6.45) is 3.14. The number of carbonyl (C=O) groups excluding carboxylic acids is 1. The van der Waals surface area contributed by atoms with Crippen molar-refractivity contribution in [3.05, 3.63) is 40.0 Å². The predicted molar refractivity (Wildman–Crippen MR) is 65.7 cm³/mol. The normalized spacial score (nSPS) is 10.2. The van der Waals surface area contributed by atoms with Crippen molar-refractivity contribution < 1.29 is 9.53 Å².